The molecule has 0 saturated carbocycles. The number of sulfonamides is 1. The monoisotopic (exact) mass is 294 g/mol. The van der Waals surface area contributed by atoms with Crippen LogP contribution in [-0.2, 0) is 10.0 Å². The Morgan fingerprint density at radius 3 is 2.50 bits per heavy atom. The van der Waals surface area contributed by atoms with Crippen molar-refractivity contribution in [1.29, 1.82) is 0 Å². The van der Waals surface area contributed by atoms with Crippen LogP contribution in [0.5, 0.6) is 0 Å². The minimum atomic E-state index is -3.39. The highest BCUT2D eigenvalue weighted by Crippen LogP contribution is 2.19. The molecule has 0 bridgehead atoms. The van der Waals surface area contributed by atoms with Crippen LogP contribution in [0.3, 0.4) is 0 Å². The van der Waals surface area contributed by atoms with Crippen molar-refractivity contribution in [3.8, 4) is 0 Å². The average molecular weight is 294 g/mol. The third-order valence-corrected chi connectivity index (χ3v) is 4.43. The molecule has 0 amide bonds. The van der Waals surface area contributed by atoms with Gasteiger partial charge in [0.05, 0.1) is 16.6 Å². The number of benzene rings is 1. The molecule has 0 saturated heterocycles. The van der Waals surface area contributed by atoms with Crippen molar-refractivity contribution in [3.63, 3.8) is 0 Å². The van der Waals surface area contributed by atoms with E-state index in [2.05, 4.69) is 20.2 Å². The number of nitrogens with one attached hydrogen (secondary N) is 3. The van der Waals surface area contributed by atoms with E-state index in [0.717, 1.165) is 11.4 Å². The van der Waals surface area contributed by atoms with Crippen molar-refractivity contribution in [2.75, 3.05) is 11.9 Å². The van der Waals surface area contributed by atoms with Crippen molar-refractivity contribution in [1.82, 2.24) is 14.9 Å². The smallest absolute Gasteiger partial charge is 0.240 e. The molecule has 6 nitrogen and oxygen atoms in total. The molecular formula is C13H18N4O2S. The zero-order valence-electron chi connectivity index (χ0n) is 11.4. The van der Waals surface area contributed by atoms with Crippen molar-refractivity contribution in [2.24, 2.45) is 0 Å². The Balaban J connectivity index is 2.09. The van der Waals surface area contributed by atoms with E-state index in [1.54, 1.807) is 37.4 Å². The lowest BCUT2D eigenvalue weighted by Gasteiger charge is -2.14. The summed E-state index contributed by atoms with van der Waals surface area (Å²) in [6.07, 6.45) is 1.69. The van der Waals surface area contributed by atoms with Gasteiger partial charge >= 0.3 is 0 Å². The van der Waals surface area contributed by atoms with Gasteiger partial charge in [0, 0.05) is 18.4 Å². The Labute approximate surface area is 118 Å². The summed E-state index contributed by atoms with van der Waals surface area (Å²) >= 11 is 0. The van der Waals surface area contributed by atoms with Gasteiger partial charge in [-0.3, -0.25) is 5.10 Å². The first-order valence-corrected chi connectivity index (χ1v) is 7.87. The van der Waals surface area contributed by atoms with Crippen LogP contribution in [0.1, 0.15) is 25.6 Å². The number of anilines is 1. The highest BCUT2D eigenvalue weighted by molar-refractivity contribution is 7.89. The number of nitrogens with zero attached hydrogens (tertiary/aromatic N) is 1. The fourth-order valence-corrected chi connectivity index (χ4v) is 2.88. The minimum Gasteiger partial charge on any atom is -0.377 e. The topological polar surface area (TPSA) is 86.9 Å². The van der Waals surface area contributed by atoms with Crippen molar-refractivity contribution in [3.05, 3.63) is 42.2 Å². The maximum Gasteiger partial charge on any atom is 0.240 e. The Hall–Kier alpha value is -1.86. The van der Waals surface area contributed by atoms with Crippen LogP contribution >= 0.6 is 0 Å². The standard InChI is InChI=1S/C13H18N4O2S/c1-3-15-20(18,19)12-6-4-11(5-7-12)16-10(2)13-8-9-14-17-13/h4-10,15-16H,3H2,1-2H3,(H,14,17). The third kappa shape index (κ3) is 3.37. The number of aromatic nitrogens is 2. The summed E-state index contributed by atoms with van der Waals surface area (Å²) in [6, 6.07) is 8.62. The van der Waals surface area contributed by atoms with Gasteiger partial charge < -0.3 is 5.32 Å². The number of hydrogen-bond donors (Lipinski definition) is 3. The molecule has 0 aliphatic heterocycles. The highest BCUT2D eigenvalue weighted by Gasteiger charge is 2.12. The molecule has 0 radical (unpaired) electrons. The lowest BCUT2D eigenvalue weighted by atomic mass is 10.2. The van der Waals surface area contributed by atoms with Gasteiger partial charge in [0.25, 0.3) is 0 Å². The molecule has 1 atom stereocenters. The Morgan fingerprint density at radius 2 is 1.95 bits per heavy atom. The third-order valence-electron chi connectivity index (χ3n) is 2.87. The van der Waals surface area contributed by atoms with E-state index in [9.17, 15) is 8.42 Å². The molecule has 1 unspecified atom stereocenters. The Bertz CT molecular complexity index is 636. The summed E-state index contributed by atoms with van der Waals surface area (Å²) in [4.78, 5) is 0.263. The first kappa shape index (κ1) is 14.5. The van der Waals surface area contributed by atoms with Crippen molar-refractivity contribution >= 4 is 15.7 Å². The van der Waals surface area contributed by atoms with Gasteiger partial charge in [0.1, 0.15) is 0 Å². The van der Waals surface area contributed by atoms with Gasteiger partial charge in [-0.25, -0.2) is 13.1 Å². The normalized spacial score (nSPS) is 13.1. The summed E-state index contributed by atoms with van der Waals surface area (Å²) in [5, 5.41) is 10.1. The van der Waals surface area contributed by atoms with Crippen LogP contribution in [0.4, 0.5) is 5.69 Å². The van der Waals surface area contributed by atoms with E-state index in [0.29, 0.717) is 6.54 Å². The molecule has 0 aliphatic carbocycles. The Kier molecular flexibility index (Phi) is 4.41. The summed E-state index contributed by atoms with van der Waals surface area (Å²) in [6.45, 7) is 4.12. The summed E-state index contributed by atoms with van der Waals surface area (Å²) < 4.78 is 26.1. The highest BCUT2D eigenvalue weighted by atomic mass is 32.2. The van der Waals surface area contributed by atoms with Crippen LogP contribution < -0.4 is 10.0 Å². The van der Waals surface area contributed by atoms with E-state index in [1.807, 2.05) is 13.0 Å². The van der Waals surface area contributed by atoms with E-state index in [1.165, 1.54) is 0 Å². The second-order valence-corrected chi connectivity index (χ2v) is 6.17. The predicted molar refractivity (Wildman–Crippen MR) is 77.9 cm³/mol. The van der Waals surface area contributed by atoms with Gasteiger partial charge in [-0.1, -0.05) is 6.92 Å². The quantitative estimate of drug-likeness (QED) is 0.759. The largest absolute Gasteiger partial charge is 0.377 e. The number of hydrogen-bond acceptors (Lipinski definition) is 4. The zero-order valence-corrected chi connectivity index (χ0v) is 12.2. The second kappa shape index (κ2) is 6.06. The first-order valence-electron chi connectivity index (χ1n) is 6.38. The summed E-state index contributed by atoms with van der Waals surface area (Å²) in [5.41, 5.74) is 1.82. The van der Waals surface area contributed by atoms with Crippen LogP contribution in [0.25, 0.3) is 0 Å². The lowest BCUT2D eigenvalue weighted by Crippen LogP contribution is -2.23. The van der Waals surface area contributed by atoms with Crippen molar-refractivity contribution in [2.45, 2.75) is 24.8 Å². The lowest BCUT2D eigenvalue weighted by molar-refractivity contribution is 0.584. The van der Waals surface area contributed by atoms with Gasteiger partial charge in [0.15, 0.2) is 0 Å². The minimum absolute atomic E-state index is 0.0636. The van der Waals surface area contributed by atoms with Crippen LogP contribution in [0.2, 0.25) is 0 Å². The molecule has 1 heterocycles. The second-order valence-electron chi connectivity index (χ2n) is 4.40. The van der Waals surface area contributed by atoms with E-state index in [4.69, 9.17) is 0 Å². The van der Waals surface area contributed by atoms with E-state index >= 15 is 0 Å². The molecule has 0 fully saturated rings. The molecule has 0 aliphatic rings. The molecular weight excluding hydrogens is 276 g/mol. The van der Waals surface area contributed by atoms with E-state index in [-0.39, 0.29) is 10.9 Å². The van der Waals surface area contributed by atoms with Crippen LogP contribution in [0.15, 0.2) is 41.4 Å². The fourth-order valence-electron chi connectivity index (χ4n) is 1.84. The van der Waals surface area contributed by atoms with Gasteiger partial charge in [0.2, 0.25) is 10.0 Å². The molecule has 3 N–H and O–H groups in total. The number of rotatable bonds is 6. The first-order chi connectivity index (χ1) is 9.53. The van der Waals surface area contributed by atoms with Gasteiger partial charge in [-0.05, 0) is 37.3 Å². The molecule has 1 aromatic heterocycles. The molecule has 7 heteroatoms. The Morgan fingerprint density at radius 1 is 1.25 bits per heavy atom. The molecule has 108 valence electrons. The predicted octanol–water partition coefficient (Wildman–Crippen LogP) is 1.88. The van der Waals surface area contributed by atoms with Gasteiger partial charge in [-0.2, -0.15) is 5.10 Å². The average Bonchev–Trinajstić information content (AvgIpc) is 2.93. The maximum absolute atomic E-state index is 11.8. The van der Waals surface area contributed by atoms with Crippen LogP contribution in [-0.4, -0.2) is 25.2 Å². The summed E-state index contributed by atoms with van der Waals surface area (Å²) in [7, 11) is -3.39. The summed E-state index contributed by atoms with van der Waals surface area (Å²) in [5.74, 6) is 0. The van der Waals surface area contributed by atoms with Gasteiger partial charge in [-0.15, -0.1) is 0 Å². The number of aromatic amines is 1. The zero-order chi connectivity index (χ0) is 14.6. The SMILES string of the molecule is CCNS(=O)(=O)c1ccc(NC(C)c2ccn[nH]2)cc1. The maximum atomic E-state index is 11.8. The van der Waals surface area contributed by atoms with Crippen molar-refractivity contribution < 1.29 is 8.42 Å². The number of H-pyrrole nitrogens is 1. The molecule has 0 spiro atoms. The fraction of sp³-hybridized carbons (Fsp3) is 0.308. The molecule has 20 heavy (non-hydrogen) atoms. The molecule has 2 aromatic rings. The molecule has 2 rings (SSSR count). The van der Waals surface area contributed by atoms with E-state index < -0.39 is 10.0 Å². The van der Waals surface area contributed by atoms with Crippen LogP contribution in [0, 0.1) is 0 Å². The molecule has 1 aromatic carbocycles.